The third kappa shape index (κ3) is 3.40. The van der Waals surface area contributed by atoms with Gasteiger partial charge in [0.15, 0.2) is 0 Å². The van der Waals surface area contributed by atoms with Crippen LogP contribution in [0.5, 0.6) is 0 Å². The van der Waals surface area contributed by atoms with Gasteiger partial charge in [0.25, 0.3) is 0 Å². The molecule has 0 saturated carbocycles. The lowest BCUT2D eigenvalue weighted by Crippen LogP contribution is -2.53. The van der Waals surface area contributed by atoms with Crippen molar-refractivity contribution in [2.45, 2.75) is 17.9 Å². The van der Waals surface area contributed by atoms with E-state index in [0.717, 1.165) is 0 Å². The fourth-order valence-corrected chi connectivity index (χ4v) is 3.54. The first kappa shape index (κ1) is 16.7. The first-order valence-corrected chi connectivity index (χ1v) is 8.66. The first-order valence-electron chi connectivity index (χ1n) is 7.17. The Balaban J connectivity index is 2.18. The predicted octanol–water partition coefficient (Wildman–Crippen LogP) is -0.409. The number of para-hydroxylation sites is 1. The lowest BCUT2D eigenvalue weighted by Gasteiger charge is -2.38. The average molecular weight is 326 g/mol. The summed E-state index contributed by atoms with van der Waals surface area (Å²) in [6, 6.07) is 6.62. The second-order valence-electron chi connectivity index (χ2n) is 5.28. The number of piperazine rings is 1. The zero-order chi connectivity index (χ0) is 16.3. The molecule has 0 spiro atoms. The molecule has 0 aromatic heterocycles. The molecule has 8 heteroatoms. The summed E-state index contributed by atoms with van der Waals surface area (Å²) in [5.74, 6) is -0.341. The van der Waals surface area contributed by atoms with Gasteiger partial charge < -0.3 is 10.6 Å². The highest BCUT2D eigenvalue weighted by molar-refractivity contribution is 7.89. The minimum atomic E-state index is -3.50. The zero-order valence-corrected chi connectivity index (χ0v) is 13.6. The van der Waals surface area contributed by atoms with Gasteiger partial charge in [-0.1, -0.05) is 12.1 Å². The van der Waals surface area contributed by atoms with E-state index in [2.05, 4.69) is 4.72 Å². The Morgan fingerprint density at radius 3 is 2.36 bits per heavy atom. The molecule has 1 fully saturated rings. The van der Waals surface area contributed by atoms with Crippen LogP contribution in [0.2, 0.25) is 0 Å². The van der Waals surface area contributed by atoms with Gasteiger partial charge in [0.2, 0.25) is 15.9 Å². The molecule has 0 radical (unpaired) electrons. The third-order valence-electron chi connectivity index (χ3n) is 4.04. The number of benzene rings is 1. The highest BCUT2D eigenvalue weighted by atomic mass is 32.2. The lowest BCUT2D eigenvalue weighted by molar-refractivity contribution is -0.122. The Kier molecular flexibility index (Phi) is 5.05. The molecular formula is C14H22N4O3S. The molecule has 0 aliphatic carbocycles. The van der Waals surface area contributed by atoms with Gasteiger partial charge in [-0.05, 0) is 26.1 Å². The summed E-state index contributed by atoms with van der Waals surface area (Å²) in [5.41, 5.74) is 6.01. The van der Waals surface area contributed by atoms with Crippen molar-refractivity contribution in [1.29, 1.82) is 0 Å². The highest BCUT2D eigenvalue weighted by Gasteiger charge is 2.27. The maximum atomic E-state index is 12.1. The summed E-state index contributed by atoms with van der Waals surface area (Å²) < 4.78 is 26.6. The third-order valence-corrected chi connectivity index (χ3v) is 5.50. The molecule has 3 N–H and O–H groups in total. The van der Waals surface area contributed by atoms with E-state index in [1.807, 2.05) is 15.9 Å². The van der Waals surface area contributed by atoms with E-state index >= 15 is 0 Å². The number of primary amides is 1. The number of carbonyl (C=O) groups excluding carboxylic acids is 1. The number of nitrogens with zero attached hydrogens (tertiary/aromatic N) is 2. The minimum absolute atomic E-state index is 0.272. The molecule has 1 amide bonds. The molecule has 122 valence electrons. The molecule has 7 nitrogen and oxygen atoms in total. The van der Waals surface area contributed by atoms with Gasteiger partial charge in [0.1, 0.15) is 4.90 Å². The molecule has 1 aliphatic heterocycles. The molecular weight excluding hydrogens is 304 g/mol. The topological polar surface area (TPSA) is 95.7 Å². The van der Waals surface area contributed by atoms with Crippen molar-refractivity contribution in [2.75, 3.05) is 38.1 Å². The fourth-order valence-electron chi connectivity index (χ4n) is 2.59. The van der Waals surface area contributed by atoms with Crippen LogP contribution in [0, 0.1) is 0 Å². The summed E-state index contributed by atoms with van der Waals surface area (Å²) in [4.78, 5) is 15.6. The maximum Gasteiger partial charge on any atom is 0.242 e. The first-order chi connectivity index (χ1) is 10.4. The van der Waals surface area contributed by atoms with Gasteiger partial charge >= 0.3 is 0 Å². The van der Waals surface area contributed by atoms with E-state index in [1.165, 1.54) is 7.05 Å². The molecule has 1 aromatic rings. The largest absolute Gasteiger partial charge is 0.368 e. The van der Waals surface area contributed by atoms with Crippen LogP contribution in [0.1, 0.15) is 6.92 Å². The molecule has 1 aliphatic rings. The second-order valence-corrected chi connectivity index (χ2v) is 7.13. The van der Waals surface area contributed by atoms with Crippen LogP contribution >= 0.6 is 0 Å². The molecule has 1 saturated heterocycles. The molecule has 0 bridgehead atoms. The number of carbonyl (C=O) groups is 1. The van der Waals surface area contributed by atoms with E-state index in [-0.39, 0.29) is 16.8 Å². The van der Waals surface area contributed by atoms with E-state index in [9.17, 15) is 13.2 Å². The minimum Gasteiger partial charge on any atom is -0.368 e. The molecule has 0 unspecified atom stereocenters. The summed E-state index contributed by atoms with van der Waals surface area (Å²) >= 11 is 0. The Hall–Kier alpha value is -1.64. The number of anilines is 1. The molecule has 22 heavy (non-hydrogen) atoms. The van der Waals surface area contributed by atoms with Gasteiger partial charge in [0, 0.05) is 26.2 Å². The highest BCUT2D eigenvalue weighted by Crippen LogP contribution is 2.26. The number of nitrogens with two attached hydrogens (primary N) is 1. The summed E-state index contributed by atoms with van der Waals surface area (Å²) in [5, 5.41) is 0. The number of hydrogen-bond acceptors (Lipinski definition) is 5. The smallest absolute Gasteiger partial charge is 0.242 e. The molecule has 2 rings (SSSR count). The molecule has 1 heterocycles. The van der Waals surface area contributed by atoms with Gasteiger partial charge in [-0.2, -0.15) is 0 Å². The fraction of sp³-hybridized carbons (Fsp3) is 0.500. The van der Waals surface area contributed by atoms with E-state index < -0.39 is 10.0 Å². The van der Waals surface area contributed by atoms with Crippen molar-refractivity contribution in [1.82, 2.24) is 9.62 Å². The maximum absolute atomic E-state index is 12.1. The Bertz CT molecular complexity index is 639. The van der Waals surface area contributed by atoms with Crippen molar-refractivity contribution in [3.63, 3.8) is 0 Å². The lowest BCUT2D eigenvalue weighted by atomic mass is 10.2. The van der Waals surface area contributed by atoms with Crippen molar-refractivity contribution in [3.05, 3.63) is 24.3 Å². The number of amides is 1. The summed E-state index contributed by atoms with van der Waals surface area (Å²) in [7, 11) is -2.10. The summed E-state index contributed by atoms with van der Waals surface area (Å²) in [6.07, 6.45) is 0. The van der Waals surface area contributed by atoms with Crippen molar-refractivity contribution >= 4 is 21.6 Å². The van der Waals surface area contributed by atoms with Gasteiger partial charge in [0.05, 0.1) is 11.7 Å². The van der Waals surface area contributed by atoms with Crippen LogP contribution in [0.3, 0.4) is 0 Å². The van der Waals surface area contributed by atoms with Crippen molar-refractivity contribution in [3.8, 4) is 0 Å². The quantitative estimate of drug-likeness (QED) is 0.767. The number of nitrogens with one attached hydrogen (secondary N) is 1. The second kappa shape index (κ2) is 6.64. The van der Waals surface area contributed by atoms with Crippen LogP contribution in [0.15, 0.2) is 29.2 Å². The van der Waals surface area contributed by atoms with Gasteiger partial charge in [-0.15, -0.1) is 0 Å². The van der Waals surface area contributed by atoms with Crippen LogP contribution in [0.25, 0.3) is 0 Å². The number of sulfonamides is 1. The summed E-state index contributed by atoms with van der Waals surface area (Å²) in [6.45, 7) is 4.41. The van der Waals surface area contributed by atoms with Crippen LogP contribution in [-0.4, -0.2) is 58.5 Å². The average Bonchev–Trinajstić information content (AvgIpc) is 2.54. The Labute approximate surface area is 131 Å². The van der Waals surface area contributed by atoms with Crippen LogP contribution in [0.4, 0.5) is 5.69 Å². The van der Waals surface area contributed by atoms with Crippen LogP contribution < -0.4 is 15.4 Å². The van der Waals surface area contributed by atoms with Crippen LogP contribution in [-0.2, 0) is 14.8 Å². The predicted molar refractivity (Wildman–Crippen MR) is 85.1 cm³/mol. The van der Waals surface area contributed by atoms with Crippen molar-refractivity contribution < 1.29 is 13.2 Å². The normalized spacial score (nSPS) is 18.2. The van der Waals surface area contributed by atoms with Gasteiger partial charge in [-0.3, -0.25) is 9.69 Å². The number of rotatable bonds is 5. The molecule has 1 aromatic carbocycles. The molecule has 1 atom stereocenters. The van der Waals surface area contributed by atoms with E-state index in [4.69, 9.17) is 5.73 Å². The SMILES string of the molecule is CNS(=O)(=O)c1ccccc1N1CCN([C@@H](C)C(N)=O)CC1. The number of hydrogen-bond donors (Lipinski definition) is 2. The van der Waals surface area contributed by atoms with Crippen molar-refractivity contribution in [2.24, 2.45) is 5.73 Å². The zero-order valence-electron chi connectivity index (χ0n) is 12.8. The van der Waals surface area contributed by atoms with E-state index in [1.54, 1.807) is 25.1 Å². The standard InChI is InChI=1S/C14H22N4O3S/c1-11(14(15)19)17-7-9-18(10-8-17)12-5-3-4-6-13(12)22(20,21)16-2/h3-6,11,16H,7-10H2,1-2H3,(H2,15,19)/t11-/m0/s1. The Morgan fingerprint density at radius 1 is 1.23 bits per heavy atom. The Morgan fingerprint density at radius 2 is 1.82 bits per heavy atom. The van der Waals surface area contributed by atoms with E-state index in [0.29, 0.717) is 31.9 Å². The monoisotopic (exact) mass is 326 g/mol. The van der Waals surface area contributed by atoms with Gasteiger partial charge in [-0.25, -0.2) is 13.1 Å².